The zero-order chi connectivity index (χ0) is 44.3. The van der Waals surface area contributed by atoms with Gasteiger partial charge in [-0.3, -0.25) is 9.59 Å². The van der Waals surface area contributed by atoms with E-state index in [9.17, 15) is 13.8 Å². The van der Waals surface area contributed by atoms with Crippen molar-refractivity contribution in [2.75, 3.05) is 0 Å². The fourth-order valence-corrected chi connectivity index (χ4v) is 7.13. The standard InChI is InChI=1S/C42H34N8O2.C7H8O3S/c1-47-37(29-49-27-5-3-11-39(47)49)33-17-13-31(14-18-33)9-7-25-43-45-41(51)35-21-23-36(24-22-35)42(52)46-44-26-8-10-32-15-19-34(20-16-32)38-30-50-28-6-4-12-40(50)48(38)2;1-6-2-4-7(5-3-6)11(8,9)10/h3-30H,1-2H3;2-5H,1H3,(H,8,9,10)/p+3/b9-7+,10-8+,43-25+,44-26+;. The molecule has 8 aromatic rings. The number of aromatic nitrogens is 4. The van der Waals surface area contributed by atoms with E-state index in [1.165, 1.54) is 24.6 Å². The largest absolute Gasteiger partial charge is 0.434 e. The molecular formula is C49H45N8O5S+3. The summed E-state index contributed by atoms with van der Waals surface area (Å²) < 4.78 is 36.5. The van der Waals surface area contributed by atoms with E-state index >= 15 is 0 Å². The maximum atomic E-state index is 12.5. The monoisotopic (exact) mass is 857 g/mol. The third-order valence-electron chi connectivity index (χ3n) is 10.0. The van der Waals surface area contributed by atoms with Gasteiger partial charge in [-0.1, -0.05) is 66.2 Å². The third kappa shape index (κ3) is 10.8. The topological polar surface area (TPSA) is 158 Å². The average Bonchev–Trinajstić information content (AvgIpc) is 3.82. The van der Waals surface area contributed by atoms with Gasteiger partial charge in [0.05, 0.1) is 26.5 Å². The molecule has 1 unspecified atom stereocenters. The van der Waals surface area contributed by atoms with Gasteiger partial charge in [-0.15, -0.1) is 4.21 Å². The van der Waals surface area contributed by atoms with Crippen molar-refractivity contribution in [1.29, 1.82) is 0 Å². The van der Waals surface area contributed by atoms with E-state index in [4.69, 9.17) is 8.76 Å². The van der Waals surface area contributed by atoms with Gasteiger partial charge >= 0.3 is 10.1 Å². The Morgan fingerprint density at radius 2 is 1.03 bits per heavy atom. The van der Waals surface area contributed by atoms with Crippen LogP contribution in [-0.2, 0) is 24.2 Å². The van der Waals surface area contributed by atoms with E-state index in [0.717, 1.165) is 50.5 Å². The highest BCUT2D eigenvalue weighted by atomic mass is 32.2. The molecule has 0 aliphatic carbocycles. The van der Waals surface area contributed by atoms with Gasteiger partial charge < -0.3 is 0 Å². The minimum atomic E-state index is -3.77. The van der Waals surface area contributed by atoms with Crippen LogP contribution in [0.5, 0.6) is 0 Å². The molecule has 13 nitrogen and oxygen atoms in total. The summed E-state index contributed by atoms with van der Waals surface area (Å²) in [6.45, 7) is 1.86. The Hall–Kier alpha value is -8.07. The normalized spacial score (nSPS) is 12.6. The number of pyridine rings is 2. The Bertz CT molecular complexity index is 2950. The van der Waals surface area contributed by atoms with E-state index in [2.05, 4.69) is 102 Å². The predicted octanol–water partition coefficient (Wildman–Crippen LogP) is 7.43. The Morgan fingerprint density at radius 3 is 1.41 bits per heavy atom. The number of aryl methyl sites for hydroxylation is 3. The molecule has 4 aromatic heterocycles. The predicted molar refractivity (Wildman–Crippen MR) is 247 cm³/mol. The maximum absolute atomic E-state index is 12.5. The molecule has 0 radical (unpaired) electrons. The second-order valence-electron chi connectivity index (χ2n) is 14.4. The molecule has 4 heterocycles. The molecule has 0 saturated carbocycles. The molecule has 8 rings (SSSR count). The number of nitrogens with one attached hydrogen (secondary N) is 2. The summed E-state index contributed by atoms with van der Waals surface area (Å²) in [6, 6.07) is 41.1. The van der Waals surface area contributed by atoms with Gasteiger partial charge in [0.2, 0.25) is 0 Å². The molecular weight excluding hydrogens is 813 g/mol. The summed E-state index contributed by atoms with van der Waals surface area (Å²) in [5, 5.41) is 8.01. The summed E-state index contributed by atoms with van der Waals surface area (Å²) in [4.78, 5) is 25.1. The van der Waals surface area contributed by atoms with E-state index < -0.39 is 10.1 Å². The molecule has 314 valence electrons. The molecule has 2 amide bonds. The number of benzene rings is 4. The summed E-state index contributed by atoms with van der Waals surface area (Å²) in [6.07, 6.45) is 18.7. The fraction of sp³-hybridized carbons (Fsp3) is 0.0612. The van der Waals surface area contributed by atoms with Crippen molar-refractivity contribution < 1.29 is 31.7 Å². The van der Waals surface area contributed by atoms with Crippen LogP contribution in [0.1, 0.15) is 37.4 Å². The summed E-state index contributed by atoms with van der Waals surface area (Å²) in [5.74, 6) is -0.776. The van der Waals surface area contributed by atoms with E-state index in [1.807, 2.05) is 80.0 Å². The van der Waals surface area contributed by atoms with Crippen LogP contribution >= 0.6 is 0 Å². The number of amides is 2. The van der Waals surface area contributed by atoms with Gasteiger partial charge in [-0.2, -0.15) is 14.4 Å². The molecule has 0 spiro atoms. The van der Waals surface area contributed by atoms with Crippen molar-refractivity contribution in [1.82, 2.24) is 19.7 Å². The van der Waals surface area contributed by atoms with Crippen molar-refractivity contribution in [3.8, 4) is 22.5 Å². The van der Waals surface area contributed by atoms with Crippen molar-refractivity contribution in [2.24, 2.45) is 24.3 Å². The number of carbonyl (C=O) groups excluding carboxylic acids is 2. The summed E-state index contributed by atoms with van der Waals surface area (Å²) in [7, 11) is 0.339. The van der Waals surface area contributed by atoms with Crippen molar-refractivity contribution >= 4 is 57.8 Å². The zero-order valence-corrected chi connectivity index (χ0v) is 35.5. The first kappa shape index (κ1) is 43.0. The number of fused-ring (bicyclic) bond motifs is 2. The first-order valence-electron chi connectivity index (χ1n) is 19.7. The number of imidazole rings is 2. The number of hydrogen-bond acceptors (Lipinski definition) is 5. The number of hydrogen-bond donors (Lipinski definition) is 3. The molecule has 14 heteroatoms. The van der Waals surface area contributed by atoms with Crippen LogP contribution in [0.4, 0.5) is 0 Å². The number of hydrazone groups is 2. The van der Waals surface area contributed by atoms with Crippen LogP contribution < -0.4 is 20.0 Å². The molecule has 0 fully saturated rings. The number of carbonyl (C=O) groups is 2. The molecule has 4 aromatic carbocycles. The van der Waals surface area contributed by atoms with E-state index in [0.29, 0.717) is 11.1 Å². The average molecular weight is 858 g/mol. The lowest BCUT2D eigenvalue weighted by Crippen LogP contribution is -2.29. The highest BCUT2D eigenvalue weighted by molar-refractivity contribution is 7.85. The van der Waals surface area contributed by atoms with Crippen LogP contribution in [0.3, 0.4) is 0 Å². The molecule has 0 saturated heterocycles. The molecule has 0 aliphatic heterocycles. The summed E-state index contributed by atoms with van der Waals surface area (Å²) >= 11 is 0. The zero-order valence-electron chi connectivity index (χ0n) is 34.7. The quantitative estimate of drug-likeness (QED) is 0.0407. The first-order chi connectivity index (χ1) is 30.4. The van der Waals surface area contributed by atoms with Gasteiger partial charge in [0.15, 0.2) is 11.4 Å². The van der Waals surface area contributed by atoms with Gasteiger partial charge in [-0.05, 0) is 103 Å². The first-order valence-corrected chi connectivity index (χ1v) is 21.2. The molecule has 63 heavy (non-hydrogen) atoms. The highest BCUT2D eigenvalue weighted by Crippen LogP contribution is 2.20. The van der Waals surface area contributed by atoms with Crippen LogP contribution in [0.15, 0.2) is 185 Å². The van der Waals surface area contributed by atoms with Crippen molar-refractivity contribution in [3.63, 3.8) is 0 Å². The van der Waals surface area contributed by atoms with Crippen molar-refractivity contribution in [3.05, 3.63) is 198 Å². The van der Waals surface area contributed by atoms with Crippen LogP contribution in [0, 0.1) is 6.92 Å². The smallest absolute Gasteiger partial charge is 0.267 e. The minimum absolute atomic E-state index is 0.0445. The van der Waals surface area contributed by atoms with E-state index in [1.54, 1.807) is 48.6 Å². The molecule has 0 aliphatic rings. The van der Waals surface area contributed by atoms with Gasteiger partial charge in [-0.25, -0.2) is 33.3 Å². The minimum Gasteiger partial charge on any atom is -0.267 e. The molecule has 4 N–H and O–H groups in total. The van der Waals surface area contributed by atoms with Gasteiger partial charge in [0.25, 0.3) is 23.1 Å². The lowest BCUT2D eigenvalue weighted by atomic mass is 10.1. The van der Waals surface area contributed by atoms with Crippen LogP contribution in [0.25, 0.3) is 46.0 Å². The van der Waals surface area contributed by atoms with Crippen molar-refractivity contribution in [2.45, 2.75) is 11.8 Å². The van der Waals surface area contributed by atoms with Crippen LogP contribution in [0.2, 0.25) is 0 Å². The fourth-order valence-electron chi connectivity index (χ4n) is 6.63. The Morgan fingerprint density at radius 1 is 0.619 bits per heavy atom. The summed E-state index contributed by atoms with van der Waals surface area (Å²) in [5.41, 5.74) is 15.4. The second kappa shape index (κ2) is 19.5. The number of nitrogens with zero attached hydrogens (tertiary/aromatic N) is 6. The number of rotatable bonds is 11. The SMILES string of the molecule is C[n+]1c(-c2ccc(/C=C/C=N/NC(=O)c3ccc(C(=O)N/N=C/C=C/c4ccc(-c5cn6ccccc6[n+]5C)cc4)cc3)cc2)cn2ccccc21.Cc1ccc(S(=O)(O)=[OH+])cc1. The second-order valence-corrected chi connectivity index (χ2v) is 15.8. The van der Waals surface area contributed by atoms with Gasteiger partial charge in [0.1, 0.15) is 17.3 Å². The highest BCUT2D eigenvalue weighted by Gasteiger charge is 2.17. The van der Waals surface area contributed by atoms with Gasteiger partial charge in [0, 0.05) is 46.8 Å². The Kier molecular flexibility index (Phi) is 13.3. The number of allylic oxidation sites excluding steroid dienone is 2. The third-order valence-corrected chi connectivity index (χ3v) is 10.9. The molecule has 1 atom stereocenters. The van der Waals surface area contributed by atoms with Crippen LogP contribution in [-0.4, -0.2) is 46.0 Å². The lowest BCUT2D eigenvalue weighted by Gasteiger charge is -2.02. The van der Waals surface area contributed by atoms with E-state index in [-0.39, 0.29) is 16.7 Å². The molecule has 0 bridgehead atoms. The lowest BCUT2D eigenvalue weighted by molar-refractivity contribution is -0.633. The Balaban J connectivity index is 0.000000473. The maximum Gasteiger partial charge on any atom is 0.434 e. The Labute approximate surface area is 364 Å².